The van der Waals surface area contributed by atoms with Crippen LogP contribution in [0.2, 0.25) is 5.02 Å². The Morgan fingerprint density at radius 1 is 1.33 bits per heavy atom. The van der Waals surface area contributed by atoms with E-state index < -0.39 is 0 Å². The predicted octanol–water partition coefficient (Wildman–Crippen LogP) is 3.29. The quantitative estimate of drug-likeness (QED) is 0.845. The van der Waals surface area contributed by atoms with Crippen LogP contribution in [0.3, 0.4) is 0 Å². The van der Waals surface area contributed by atoms with Crippen LogP contribution in [0.4, 0.5) is 0 Å². The summed E-state index contributed by atoms with van der Waals surface area (Å²) < 4.78 is 5.26. The van der Waals surface area contributed by atoms with Gasteiger partial charge in [-0.05, 0) is 42.3 Å². The normalized spacial score (nSPS) is 12.7. The Balaban J connectivity index is 2.37. The molecule has 1 aromatic carbocycles. The fourth-order valence-corrected chi connectivity index (χ4v) is 1.87. The number of halogens is 1. The maximum atomic E-state index is 6.05. The molecule has 0 bridgehead atoms. The molecular weight excluding hydrogens is 210 g/mol. The van der Waals surface area contributed by atoms with Crippen LogP contribution in [0.1, 0.15) is 22.9 Å². The van der Waals surface area contributed by atoms with E-state index in [-0.39, 0.29) is 6.04 Å². The first-order valence-corrected chi connectivity index (χ1v) is 5.10. The van der Waals surface area contributed by atoms with Crippen LogP contribution in [0.15, 0.2) is 41.0 Å². The summed E-state index contributed by atoms with van der Waals surface area (Å²) in [4.78, 5) is 0. The second-order valence-corrected chi connectivity index (χ2v) is 3.99. The van der Waals surface area contributed by atoms with Gasteiger partial charge in [0.25, 0.3) is 0 Å². The fraction of sp³-hybridized carbons (Fsp3) is 0.167. The van der Waals surface area contributed by atoms with Crippen LogP contribution in [-0.2, 0) is 0 Å². The van der Waals surface area contributed by atoms with Gasteiger partial charge in [-0.2, -0.15) is 0 Å². The second-order valence-electron chi connectivity index (χ2n) is 3.56. The minimum Gasteiger partial charge on any atom is -0.467 e. The molecule has 0 radical (unpaired) electrons. The molecule has 1 heterocycles. The van der Waals surface area contributed by atoms with E-state index in [0.717, 1.165) is 16.9 Å². The number of benzene rings is 1. The zero-order valence-corrected chi connectivity index (χ0v) is 9.16. The van der Waals surface area contributed by atoms with Crippen molar-refractivity contribution in [3.63, 3.8) is 0 Å². The molecule has 0 aliphatic rings. The van der Waals surface area contributed by atoms with Gasteiger partial charge < -0.3 is 10.2 Å². The first kappa shape index (κ1) is 10.3. The van der Waals surface area contributed by atoms with E-state index >= 15 is 0 Å². The molecule has 0 amide bonds. The molecule has 1 unspecified atom stereocenters. The monoisotopic (exact) mass is 221 g/mol. The van der Waals surface area contributed by atoms with Crippen molar-refractivity contribution in [2.24, 2.45) is 5.73 Å². The lowest BCUT2D eigenvalue weighted by Crippen LogP contribution is -2.10. The highest BCUT2D eigenvalue weighted by Gasteiger charge is 2.12. The average molecular weight is 222 g/mol. The summed E-state index contributed by atoms with van der Waals surface area (Å²) in [5.74, 6) is 0.747. The molecule has 0 spiro atoms. The standard InChI is InChI=1S/C12H12ClNO/c1-8-5-9(7-10(13)6-8)12(14)11-3-2-4-15-11/h2-7,12H,14H2,1H3. The molecule has 2 aromatic rings. The summed E-state index contributed by atoms with van der Waals surface area (Å²) in [6.45, 7) is 1.99. The van der Waals surface area contributed by atoms with Crippen LogP contribution < -0.4 is 5.73 Å². The summed E-state index contributed by atoms with van der Waals surface area (Å²) in [6.07, 6.45) is 1.62. The van der Waals surface area contributed by atoms with E-state index in [1.807, 2.05) is 37.3 Å². The van der Waals surface area contributed by atoms with Crippen LogP contribution in [0, 0.1) is 6.92 Å². The van der Waals surface area contributed by atoms with Crippen LogP contribution in [0.5, 0.6) is 0 Å². The van der Waals surface area contributed by atoms with E-state index in [0.29, 0.717) is 5.02 Å². The molecule has 15 heavy (non-hydrogen) atoms. The molecule has 78 valence electrons. The van der Waals surface area contributed by atoms with Crippen molar-refractivity contribution in [3.8, 4) is 0 Å². The Kier molecular flexibility index (Phi) is 2.80. The van der Waals surface area contributed by atoms with Crippen LogP contribution >= 0.6 is 11.6 Å². The van der Waals surface area contributed by atoms with Crippen molar-refractivity contribution in [1.82, 2.24) is 0 Å². The first-order valence-electron chi connectivity index (χ1n) is 4.73. The van der Waals surface area contributed by atoms with Gasteiger partial charge in [0.2, 0.25) is 0 Å². The molecule has 1 atom stereocenters. The molecule has 3 heteroatoms. The van der Waals surface area contributed by atoms with Crippen molar-refractivity contribution in [2.75, 3.05) is 0 Å². The van der Waals surface area contributed by atoms with E-state index in [1.54, 1.807) is 6.26 Å². The zero-order valence-electron chi connectivity index (χ0n) is 8.41. The lowest BCUT2D eigenvalue weighted by atomic mass is 10.0. The van der Waals surface area contributed by atoms with Gasteiger partial charge in [0.15, 0.2) is 0 Å². The van der Waals surface area contributed by atoms with Crippen molar-refractivity contribution in [1.29, 1.82) is 0 Å². The number of hydrogen-bond donors (Lipinski definition) is 1. The maximum Gasteiger partial charge on any atom is 0.124 e. The summed E-state index contributed by atoms with van der Waals surface area (Å²) in [7, 11) is 0. The Morgan fingerprint density at radius 2 is 2.13 bits per heavy atom. The van der Waals surface area contributed by atoms with Crippen molar-refractivity contribution in [3.05, 3.63) is 58.5 Å². The number of furan rings is 1. The van der Waals surface area contributed by atoms with Gasteiger partial charge in [-0.25, -0.2) is 0 Å². The van der Waals surface area contributed by atoms with Crippen LogP contribution in [0.25, 0.3) is 0 Å². The molecule has 2 rings (SSSR count). The molecule has 1 aromatic heterocycles. The Bertz CT molecular complexity index is 430. The molecule has 0 aliphatic heterocycles. The summed E-state index contributed by atoms with van der Waals surface area (Å²) in [5.41, 5.74) is 8.11. The molecule has 2 nitrogen and oxygen atoms in total. The highest BCUT2D eigenvalue weighted by Crippen LogP contribution is 2.24. The highest BCUT2D eigenvalue weighted by molar-refractivity contribution is 6.30. The number of aryl methyl sites for hydroxylation is 1. The van der Waals surface area contributed by atoms with Gasteiger partial charge in [-0.15, -0.1) is 0 Å². The van der Waals surface area contributed by atoms with E-state index in [2.05, 4.69) is 0 Å². The van der Waals surface area contributed by atoms with Gasteiger partial charge >= 0.3 is 0 Å². The summed E-state index contributed by atoms with van der Waals surface area (Å²) in [6, 6.07) is 9.21. The molecule has 2 N–H and O–H groups in total. The van der Waals surface area contributed by atoms with Gasteiger partial charge in [0.05, 0.1) is 12.3 Å². The SMILES string of the molecule is Cc1cc(Cl)cc(C(N)c2ccco2)c1. The van der Waals surface area contributed by atoms with Gasteiger partial charge in [0.1, 0.15) is 5.76 Å². The highest BCUT2D eigenvalue weighted by atomic mass is 35.5. The van der Waals surface area contributed by atoms with Gasteiger partial charge in [0, 0.05) is 5.02 Å². The topological polar surface area (TPSA) is 39.2 Å². The Hall–Kier alpha value is -1.25. The van der Waals surface area contributed by atoms with Crippen molar-refractivity contribution < 1.29 is 4.42 Å². The molecule has 0 fully saturated rings. The summed E-state index contributed by atoms with van der Waals surface area (Å²) >= 11 is 5.97. The molecule has 0 aliphatic carbocycles. The lowest BCUT2D eigenvalue weighted by molar-refractivity contribution is 0.490. The van der Waals surface area contributed by atoms with Crippen molar-refractivity contribution >= 4 is 11.6 Å². The molecule has 0 saturated carbocycles. The predicted molar refractivity (Wildman–Crippen MR) is 60.9 cm³/mol. The average Bonchev–Trinajstić information content (AvgIpc) is 2.67. The number of rotatable bonds is 2. The number of hydrogen-bond acceptors (Lipinski definition) is 2. The maximum absolute atomic E-state index is 6.05. The van der Waals surface area contributed by atoms with E-state index in [9.17, 15) is 0 Å². The lowest BCUT2D eigenvalue weighted by Gasteiger charge is -2.10. The zero-order chi connectivity index (χ0) is 10.8. The third-order valence-electron chi connectivity index (χ3n) is 2.27. The van der Waals surface area contributed by atoms with Crippen LogP contribution in [-0.4, -0.2) is 0 Å². The minimum absolute atomic E-state index is 0.252. The van der Waals surface area contributed by atoms with E-state index in [1.165, 1.54) is 0 Å². The minimum atomic E-state index is -0.252. The van der Waals surface area contributed by atoms with E-state index in [4.69, 9.17) is 21.8 Å². The largest absolute Gasteiger partial charge is 0.467 e. The first-order chi connectivity index (χ1) is 7.16. The second kappa shape index (κ2) is 4.09. The number of nitrogens with two attached hydrogens (primary N) is 1. The van der Waals surface area contributed by atoms with Gasteiger partial charge in [-0.1, -0.05) is 17.7 Å². The Labute approximate surface area is 93.7 Å². The third kappa shape index (κ3) is 2.22. The van der Waals surface area contributed by atoms with Gasteiger partial charge in [-0.3, -0.25) is 0 Å². The Morgan fingerprint density at radius 3 is 2.73 bits per heavy atom. The smallest absolute Gasteiger partial charge is 0.124 e. The fourth-order valence-electron chi connectivity index (χ4n) is 1.58. The van der Waals surface area contributed by atoms with Crippen molar-refractivity contribution in [2.45, 2.75) is 13.0 Å². The molecule has 0 saturated heterocycles. The molecular formula is C12H12ClNO. The third-order valence-corrected chi connectivity index (χ3v) is 2.49. The summed E-state index contributed by atoms with van der Waals surface area (Å²) in [5, 5.41) is 0.701.